The van der Waals surface area contributed by atoms with Gasteiger partial charge in [0.2, 0.25) is 0 Å². The minimum Gasteiger partial charge on any atom is -0.392 e. The van der Waals surface area contributed by atoms with Crippen molar-refractivity contribution < 1.29 is 5.11 Å². The standard InChI is InChI=1S/C13H26OSi/c1-6-8-10-12(11-15(3,4)5)13(14)9-7-2/h7-8,10,12-14H,2,6,9,11H2,1,3-5H3/b10-8+. The maximum Gasteiger partial charge on any atom is 0.0634 e. The van der Waals surface area contributed by atoms with Crippen LogP contribution in [0.15, 0.2) is 24.8 Å². The molecule has 0 fully saturated rings. The lowest BCUT2D eigenvalue weighted by Crippen LogP contribution is -2.29. The maximum absolute atomic E-state index is 10.00. The van der Waals surface area contributed by atoms with Gasteiger partial charge in [0.1, 0.15) is 0 Å². The first-order chi connectivity index (χ1) is 6.90. The number of aliphatic hydroxyl groups is 1. The third-order valence-electron chi connectivity index (χ3n) is 2.37. The Kier molecular flexibility index (Phi) is 6.86. The van der Waals surface area contributed by atoms with Gasteiger partial charge in [0.15, 0.2) is 0 Å². The van der Waals surface area contributed by atoms with Crippen LogP contribution in [0.25, 0.3) is 0 Å². The van der Waals surface area contributed by atoms with Gasteiger partial charge in [-0.2, -0.15) is 0 Å². The van der Waals surface area contributed by atoms with E-state index in [1.54, 1.807) is 0 Å². The Morgan fingerprint density at radius 1 is 1.33 bits per heavy atom. The summed E-state index contributed by atoms with van der Waals surface area (Å²) in [5, 5.41) is 10.00. The lowest BCUT2D eigenvalue weighted by molar-refractivity contribution is 0.140. The first-order valence-electron chi connectivity index (χ1n) is 5.86. The molecule has 0 aliphatic heterocycles. The SMILES string of the molecule is C=CCC(O)C(/C=C/CC)C[Si](C)(C)C. The van der Waals surface area contributed by atoms with Crippen molar-refractivity contribution in [3.63, 3.8) is 0 Å². The number of hydrogen-bond acceptors (Lipinski definition) is 1. The fraction of sp³-hybridized carbons (Fsp3) is 0.692. The minimum absolute atomic E-state index is 0.253. The average Bonchev–Trinajstić information content (AvgIpc) is 2.10. The molecule has 2 heteroatoms. The molecule has 0 aromatic carbocycles. The van der Waals surface area contributed by atoms with Crippen LogP contribution in [0.2, 0.25) is 25.7 Å². The van der Waals surface area contributed by atoms with Crippen LogP contribution in [0.5, 0.6) is 0 Å². The van der Waals surface area contributed by atoms with Crippen molar-refractivity contribution in [3.8, 4) is 0 Å². The van der Waals surface area contributed by atoms with Crippen molar-refractivity contribution in [2.24, 2.45) is 5.92 Å². The van der Waals surface area contributed by atoms with Gasteiger partial charge >= 0.3 is 0 Å². The largest absolute Gasteiger partial charge is 0.392 e. The lowest BCUT2D eigenvalue weighted by atomic mass is 10.0. The van der Waals surface area contributed by atoms with E-state index < -0.39 is 8.07 Å². The Morgan fingerprint density at radius 3 is 2.33 bits per heavy atom. The first kappa shape index (κ1) is 14.7. The second-order valence-electron chi connectivity index (χ2n) is 5.36. The smallest absolute Gasteiger partial charge is 0.0634 e. The van der Waals surface area contributed by atoms with Gasteiger partial charge in [-0.15, -0.1) is 6.58 Å². The monoisotopic (exact) mass is 226 g/mol. The summed E-state index contributed by atoms with van der Waals surface area (Å²) >= 11 is 0. The van der Waals surface area contributed by atoms with Gasteiger partial charge in [-0.25, -0.2) is 0 Å². The van der Waals surface area contributed by atoms with Crippen molar-refractivity contribution in [1.29, 1.82) is 0 Å². The van der Waals surface area contributed by atoms with Crippen LogP contribution in [-0.2, 0) is 0 Å². The highest BCUT2D eigenvalue weighted by Crippen LogP contribution is 2.23. The van der Waals surface area contributed by atoms with E-state index in [2.05, 4.69) is 45.3 Å². The van der Waals surface area contributed by atoms with Crippen LogP contribution < -0.4 is 0 Å². The molecule has 88 valence electrons. The van der Waals surface area contributed by atoms with Gasteiger partial charge in [-0.3, -0.25) is 0 Å². The van der Waals surface area contributed by atoms with Crippen molar-refractivity contribution in [1.82, 2.24) is 0 Å². The number of aliphatic hydroxyl groups excluding tert-OH is 1. The number of allylic oxidation sites excluding steroid dienone is 1. The Balaban J connectivity index is 4.42. The van der Waals surface area contributed by atoms with E-state index in [0.717, 1.165) is 12.5 Å². The highest BCUT2D eigenvalue weighted by molar-refractivity contribution is 6.76. The molecule has 0 aromatic rings. The quantitative estimate of drug-likeness (QED) is 0.516. The molecule has 0 heterocycles. The van der Waals surface area contributed by atoms with Crippen molar-refractivity contribution in [2.75, 3.05) is 0 Å². The van der Waals surface area contributed by atoms with Crippen molar-refractivity contribution >= 4 is 8.07 Å². The molecular weight excluding hydrogens is 200 g/mol. The highest BCUT2D eigenvalue weighted by Gasteiger charge is 2.23. The molecule has 0 saturated heterocycles. The predicted octanol–water partition coefficient (Wildman–Crippen LogP) is 3.84. The molecule has 0 aliphatic carbocycles. The molecule has 1 nitrogen and oxygen atoms in total. The first-order valence-corrected chi connectivity index (χ1v) is 9.57. The zero-order valence-corrected chi connectivity index (χ0v) is 11.7. The van der Waals surface area contributed by atoms with Gasteiger partial charge in [0.25, 0.3) is 0 Å². The maximum atomic E-state index is 10.00. The molecule has 0 rings (SSSR count). The van der Waals surface area contributed by atoms with E-state index in [0.29, 0.717) is 12.3 Å². The highest BCUT2D eigenvalue weighted by atomic mass is 28.3. The Labute approximate surface area is 95.9 Å². The summed E-state index contributed by atoms with van der Waals surface area (Å²) in [5.41, 5.74) is 0. The fourth-order valence-electron chi connectivity index (χ4n) is 1.70. The van der Waals surface area contributed by atoms with Gasteiger partial charge in [-0.1, -0.05) is 44.8 Å². The van der Waals surface area contributed by atoms with Crippen LogP contribution in [0.4, 0.5) is 0 Å². The van der Waals surface area contributed by atoms with Crippen LogP contribution >= 0.6 is 0 Å². The van der Waals surface area contributed by atoms with Gasteiger partial charge in [0.05, 0.1) is 6.10 Å². The third-order valence-corrected chi connectivity index (χ3v) is 4.07. The third kappa shape index (κ3) is 7.57. The summed E-state index contributed by atoms with van der Waals surface area (Å²) in [4.78, 5) is 0. The molecule has 0 saturated carbocycles. The molecule has 0 radical (unpaired) electrons. The Bertz CT molecular complexity index is 203. The summed E-state index contributed by atoms with van der Waals surface area (Å²) < 4.78 is 0. The molecule has 0 aromatic heterocycles. The molecule has 15 heavy (non-hydrogen) atoms. The van der Waals surface area contributed by atoms with Crippen molar-refractivity contribution in [3.05, 3.63) is 24.8 Å². The van der Waals surface area contributed by atoms with Gasteiger partial charge in [-0.05, 0) is 18.9 Å². The Morgan fingerprint density at radius 2 is 1.93 bits per heavy atom. The lowest BCUT2D eigenvalue weighted by Gasteiger charge is -2.25. The zero-order valence-electron chi connectivity index (χ0n) is 10.7. The molecular formula is C13H26OSi. The average molecular weight is 226 g/mol. The zero-order chi connectivity index (χ0) is 11.9. The number of hydrogen-bond donors (Lipinski definition) is 1. The van der Waals surface area contributed by atoms with E-state index in [9.17, 15) is 5.11 Å². The van der Waals surface area contributed by atoms with E-state index in [4.69, 9.17) is 0 Å². The summed E-state index contributed by atoms with van der Waals surface area (Å²) in [6.07, 6.45) is 7.65. The minimum atomic E-state index is -1.11. The topological polar surface area (TPSA) is 20.2 Å². The molecule has 1 N–H and O–H groups in total. The molecule has 0 amide bonds. The molecule has 0 spiro atoms. The molecule has 0 bridgehead atoms. The summed E-state index contributed by atoms with van der Waals surface area (Å²) in [5.74, 6) is 0.314. The number of rotatable bonds is 7. The van der Waals surface area contributed by atoms with Crippen molar-refractivity contribution in [2.45, 2.75) is 51.6 Å². The summed E-state index contributed by atoms with van der Waals surface area (Å²) in [7, 11) is -1.11. The van der Waals surface area contributed by atoms with E-state index in [1.807, 2.05) is 6.08 Å². The predicted molar refractivity (Wildman–Crippen MR) is 71.9 cm³/mol. The van der Waals surface area contributed by atoms with E-state index in [-0.39, 0.29) is 6.10 Å². The van der Waals surface area contributed by atoms with E-state index >= 15 is 0 Å². The summed E-state index contributed by atoms with van der Waals surface area (Å²) in [6, 6.07) is 1.15. The van der Waals surface area contributed by atoms with Gasteiger partial charge < -0.3 is 5.11 Å². The summed E-state index contributed by atoms with van der Waals surface area (Å²) in [6.45, 7) is 12.9. The van der Waals surface area contributed by atoms with E-state index in [1.165, 1.54) is 0 Å². The molecule has 2 atom stereocenters. The van der Waals surface area contributed by atoms with Crippen LogP contribution in [0.1, 0.15) is 19.8 Å². The normalized spacial score (nSPS) is 16.6. The fourth-order valence-corrected chi connectivity index (χ4v) is 3.52. The molecule has 0 aliphatic rings. The second-order valence-corrected chi connectivity index (χ2v) is 10.9. The van der Waals surface area contributed by atoms with Crippen LogP contribution in [0, 0.1) is 5.92 Å². The molecule has 2 unspecified atom stereocenters. The second kappa shape index (κ2) is 7.02. The van der Waals surface area contributed by atoms with Gasteiger partial charge in [0, 0.05) is 14.0 Å². The Hall–Kier alpha value is -0.343. The van der Waals surface area contributed by atoms with Crippen LogP contribution in [0.3, 0.4) is 0 Å². The van der Waals surface area contributed by atoms with Crippen LogP contribution in [-0.4, -0.2) is 19.3 Å².